The van der Waals surface area contributed by atoms with Gasteiger partial charge in [-0.1, -0.05) is 12.8 Å². The van der Waals surface area contributed by atoms with E-state index in [1.54, 1.807) is 11.8 Å². The van der Waals surface area contributed by atoms with Crippen molar-refractivity contribution in [3.63, 3.8) is 0 Å². The van der Waals surface area contributed by atoms with Crippen LogP contribution >= 0.6 is 0 Å². The number of carbonyl (C=O) groups is 2. The van der Waals surface area contributed by atoms with Crippen molar-refractivity contribution in [3.8, 4) is 0 Å². The van der Waals surface area contributed by atoms with E-state index >= 15 is 0 Å². The second-order valence-electron chi connectivity index (χ2n) is 8.60. The van der Waals surface area contributed by atoms with E-state index in [-0.39, 0.29) is 24.1 Å². The Kier molecular flexibility index (Phi) is 6.72. The van der Waals surface area contributed by atoms with E-state index in [9.17, 15) is 9.59 Å². The standard InChI is InChI=1S/C19H35N3O3/c1-14(23)22(17-8-6-5-7-16(17)20)13-15-9-11-21(12-10-15)18(24)25-19(2,3)4/h15-17H,5-13,20H2,1-4H3. The van der Waals surface area contributed by atoms with Gasteiger partial charge < -0.3 is 20.3 Å². The highest BCUT2D eigenvalue weighted by atomic mass is 16.6. The van der Waals surface area contributed by atoms with Gasteiger partial charge in [0, 0.05) is 38.6 Å². The average molecular weight is 354 g/mol. The highest BCUT2D eigenvalue weighted by Crippen LogP contribution is 2.26. The van der Waals surface area contributed by atoms with Crippen molar-refractivity contribution in [3.05, 3.63) is 0 Å². The number of piperidine rings is 1. The molecule has 2 rings (SSSR count). The van der Waals surface area contributed by atoms with Crippen LogP contribution in [0.1, 0.15) is 66.2 Å². The third-order valence-electron chi connectivity index (χ3n) is 5.31. The molecule has 0 aromatic rings. The van der Waals surface area contributed by atoms with Crippen LogP contribution in [0, 0.1) is 5.92 Å². The van der Waals surface area contributed by atoms with Crippen LogP contribution in [0.5, 0.6) is 0 Å². The summed E-state index contributed by atoms with van der Waals surface area (Å²) >= 11 is 0. The van der Waals surface area contributed by atoms with Crippen LogP contribution in [0.25, 0.3) is 0 Å². The van der Waals surface area contributed by atoms with Gasteiger partial charge in [0.1, 0.15) is 5.60 Å². The Balaban J connectivity index is 1.86. The molecular weight excluding hydrogens is 318 g/mol. The molecule has 6 nitrogen and oxygen atoms in total. The molecule has 2 fully saturated rings. The Bertz CT molecular complexity index is 467. The Labute approximate surface area is 152 Å². The van der Waals surface area contributed by atoms with Crippen molar-refractivity contribution >= 4 is 12.0 Å². The first-order chi connectivity index (χ1) is 11.7. The van der Waals surface area contributed by atoms with Gasteiger partial charge in [0.15, 0.2) is 0 Å². The molecule has 144 valence electrons. The number of amides is 2. The molecule has 1 saturated carbocycles. The summed E-state index contributed by atoms with van der Waals surface area (Å²) < 4.78 is 5.45. The monoisotopic (exact) mass is 353 g/mol. The SMILES string of the molecule is CC(=O)N(CC1CCN(C(=O)OC(C)(C)C)CC1)C1CCCCC1N. The number of nitrogens with two attached hydrogens (primary N) is 1. The average Bonchev–Trinajstić information content (AvgIpc) is 2.52. The topological polar surface area (TPSA) is 75.9 Å². The maximum Gasteiger partial charge on any atom is 0.410 e. The summed E-state index contributed by atoms with van der Waals surface area (Å²) in [4.78, 5) is 28.1. The van der Waals surface area contributed by atoms with Gasteiger partial charge in [0.05, 0.1) is 0 Å². The van der Waals surface area contributed by atoms with E-state index < -0.39 is 5.60 Å². The summed E-state index contributed by atoms with van der Waals surface area (Å²) in [7, 11) is 0. The van der Waals surface area contributed by atoms with Crippen molar-refractivity contribution in [1.82, 2.24) is 9.80 Å². The fourth-order valence-electron chi connectivity index (χ4n) is 3.93. The van der Waals surface area contributed by atoms with Crippen LogP contribution < -0.4 is 5.73 Å². The van der Waals surface area contributed by atoms with Gasteiger partial charge in [-0.25, -0.2) is 4.79 Å². The molecule has 0 radical (unpaired) electrons. The van der Waals surface area contributed by atoms with E-state index in [0.29, 0.717) is 19.0 Å². The van der Waals surface area contributed by atoms with Crippen molar-refractivity contribution in [2.75, 3.05) is 19.6 Å². The van der Waals surface area contributed by atoms with Crippen LogP contribution in [-0.2, 0) is 9.53 Å². The zero-order chi connectivity index (χ0) is 18.6. The lowest BCUT2D eigenvalue weighted by Crippen LogP contribution is -2.53. The molecule has 2 aliphatic rings. The molecule has 0 aromatic carbocycles. The smallest absolute Gasteiger partial charge is 0.410 e. The molecule has 0 aromatic heterocycles. The Morgan fingerprint density at radius 2 is 1.72 bits per heavy atom. The summed E-state index contributed by atoms with van der Waals surface area (Å²) in [6.07, 6.45) is 5.92. The zero-order valence-corrected chi connectivity index (χ0v) is 16.3. The van der Waals surface area contributed by atoms with Crippen molar-refractivity contribution < 1.29 is 14.3 Å². The summed E-state index contributed by atoms with van der Waals surface area (Å²) in [6.45, 7) is 9.46. The van der Waals surface area contributed by atoms with Crippen molar-refractivity contribution in [2.24, 2.45) is 11.7 Å². The van der Waals surface area contributed by atoms with Crippen LogP contribution in [0.15, 0.2) is 0 Å². The van der Waals surface area contributed by atoms with Crippen molar-refractivity contribution in [1.29, 1.82) is 0 Å². The number of rotatable bonds is 3. The fourth-order valence-corrected chi connectivity index (χ4v) is 3.93. The maximum atomic E-state index is 12.2. The molecule has 2 amide bonds. The van der Waals surface area contributed by atoms with E-state index in [4.69, 9.17) is 10.5 Å². The molecule has 2 N–H and O–H groups in total. The Hall–Kier alpha value is -1.30. The zero-order valence-electron chi connectivity index (χ0n) is 16.3. The minimum atomic E-state index is -0.462. The highest BCUT2D eigenvalue weighted by molar-refractivity contribution is 5.73. The van der Waals surface area contributed by atoms with E-state index in [0.717, 1.165) is 45.1 Å². The first kappa shape index (κ1) is 20.0. The molecule has 2 atom stereocenters. The van der Waals surface area contributed by atoms with Gasteiger partial charge in [-0.15, -0.1) is 0 Å². The van der Waals surface area contributed by atoms with Gasteiger partial charge in [0.25, 0.3) is 0 Å². The number of likely N-dealkylation sites (tertiary alicyclic amines) is 1. The second kappa shape index (κ2) is 8.39. The third kappa shape index (κ3) is 5.87. The lowest BCUT2D eigenvalue weighted by molar-refractivity contribution is -0.133. The predicted molar refractivity (Wildman–Crippen MR) is 98.1 cm³/mol. The Morgan fingerprint density at radius 3 is 2.24 bits per heavy atom. The number of nitrogens with zero attached hydrogens (tertiary/aromatic N) is 2. The number of carbonyl (C=O) groups excluding carboxylic acids is 2. The van der Waals surface area contributed by atoms with E-state index in [1.807, 2.05) is 25.7 Å². The number of ether oxygens (including phenoxy) is 1. The molecule has 6 heteroatoms. The van der Waals surface area contributed by atoms with Crippen LogP contribution in [0.2, 0.25) is 0 Å². The summed E-state index contributed by atoms with van der Waals surface area (Å²) in [5, 5.41) is 0. The molecule has 2 unspecified atom stereocenters. The molecule has 0 spiro atoms. The molecule has 1 saturated heterocycles. The molecule has 1 aliphatic heterocycles. The number of hydrogen-bond donors (Lipinski definition) is 1. The third-order valence-corrected chi connectivity index (χ3v) is 5.31. The molecular formula is C19H35N3O3. The van der Waals surface area contributed by atoms with Gasteiger partial charge in [-0.3, -0.25) is 4.79 Å². The number of hydrogen-bond acceptors (Lipinski definition) is 4. The van der Waals surface area contributed by atoms with Crippen LogP contribution in [0.3, 0.4) is 0 Å². The lowest BCUT2D eigenvalue weighted by atomic mass is 9.88. The minimum absolute atomic E-state index is 0.0968. The minimum Gasteiger partial charge on any atom is -0.444 e. The van der Waals surface area contributed by atoms with Gasteiger partial charge in [0.2, 0.25) is 5.91 Å². The quantitative estimate of drug-likeness (QED) is 0.846. The van der Waals surface area contributed by atoms with Crippen LogP contribution in [0.4, 0.5) is 4.79 Å². The Morgan fingerprint density at radius 1 is 1.12 bits per heavy atom. The molecule has 0 bridgehead atoms. The van der Waals surface area contributed by atoms with Gasteiger partial charge >= 0.3 is 6.09 Å². The van der Waals surface area contributed by atoms with Crippen molar-refractivity contribution in [2.45, 2.75) is 83.9 Å². The summed E-state index contributed by atoms with van der Waals surface area (Å²) in [5.41, 5.74) is 5.82. The predicted octanol–water partition coefficient (Wildman–Crippen LogP) is 2.75. The van der Waals surface area contributed by atoms with Gasteiger partial charge in [-0.05, 0) is 52.4 Å². The summed E-state index contributed by atoms with van der Waals surface area (Å²) in [6, 6.07) is 0.273. The second-order valence-corrected chi connectivity index (χ2v) is 8.60. The highest BCUT2D eigenvalue weighted by Gasteiger charge is 2.33. The lowest BCUT2D eigenvalue weighted by Gasteiger charge is -2.41. The first-order valence-corrected chi connectivity index (χ1v) is 9.68. The largest absolute Gasteiger partial charge is 0.444 e. The van der Waals surface area contributed by atoms with E-state index in [2.05, 4.69) is 0 Å². The van der Waals surface area contributed by atoms with Gasteiger partial charge in [-0.2, -0.15) is 0 Å². The maximum absolute atomic E-state index is 12.2. The normalized spacial score (nSPS) is 25.6. The molecule has 1 heterocycles. The summed E-state index contributed by atoms with van der Waals surface area (Å²) in [5.74, 6) is 0.550. The van der Waals surface area contributed by atoms with Crippen LogP contribution in [-0.4, -0.2) is 59.1 Å². The molecule has 1 aliphatic carbocycles. The van der Waals surface area contributed by atoms with E-state index in [1.165, 1.54) is 0 Å². The first-order valence-electron chi connectivity index (χ1n) is 9.68. The fraction of sp³-hybridized carbons (Fsp3) is 0.895. The molecule has 25 heavy (non-hydrogen) atoms.